The average Bonchev–Trinajstić information content (AvgIpc) is 2.11. The first-order chi connectivity index (χ1) is 5.81. The number of benzene rings is 1. The fourth-order valence-corrected chi connectivity index (χ4v) is 0.534. The minimum atomic E-state index is 0. The van der Waals surface area contributed by atoms with Gasteiger partial charge in [0.05, 0.1) is 0 Å². The third kappa shape index (κ3) is 22.8. The molecule has 0 saturated heterocycles. The molecule has 81 valence electrons. The predicted octanol–water partition coefficient (Wildman–Crippen LogP) is 4.89. The summed E-state index contributed by atoms with van der Waals surface area (Å²) in [6, 6.07) is 10.3. The molecule has 1 rings (SSSR count). The maximum atomic E-state index is 2.12. The molecule has 0 saturated carbocycles. The predicted molar refractivity (Wildman–Crippen MR) is 64.9 cm³/mol. The van der Waals surface area contributed by atoms with E-state index in [9.17, 15) is 0 Å². The number of rotatable bonds is 0. The number of hydrogen-bond donors (Lipinski definition) is 0. The molecule has 0 aliphatic carbocycles. The second kappa shape index (κ2) is 23.3. The van der Waals surface area contributed by atoms with E-state index in [1.807, 2.05) is 32.0 Å². The Hall–Kier alpha value is 0.324. The average molecular weight is 270 g/mol. The van der Waals surface area contributed by atoms with Crippen LogP contribution in [0.2, 0.25) is 0 Å². The summed E-state index contributed by atoms with van der Waals surface area (Å²) in [5.74, 6) is 0. The quantitative estimate of drug-likeness (QED) is 0.589. The molecule has 0 spiro atoms. The van der Waals surface area contributed by atoms with Crippen molar-refractivity contribution in [2.75, 3.05) is 0 Å². The Morgan fingerprint density at radius 1 is 0.929 bits per heavy atom. The van der Waals surface area contributed by atoms with Crippen molar-refractivity contribution in [1.29, 1.82) is 0 Å². The minimum Gasteiger partial charge on any atom is -0.358 e. The molecule has 0 amide bonds. The van der Waals surface area contributed by atoms with Gasteiger partial charge in [-0.1, -0.05) is 70.0 Å². The van der Waals surface area contributed by atoms with Gasteiger partial charge in [-0.15, -0.1) is 0 Å². The van der Waals surface area contributed by atoms with E-state index < -0.39 is 0 Å². The summed E-state index contributed by atoms with van der Waals surface area (Å²) in [4.78, 5) is 0. The molecule has 0 N–H and O–H groups in total. The van der Waals surface area contributed by atoms with E-state index >= 15 is 0 Å². The van der Waals surface area contributed by atoms with Crippen molar-refractivity contribution in [3.8, 4) is 0 Å². The van der Waals surface area contributed by atoms with Crippen LogP contribution >= 0.6 is 0 Å². The molecular weight excluding hydrogens is 245 g/mol. The Balaban J connectivity index is -0.0000000633. The topological polar surface area (TPSA) is 0 Å². The molecule has 0 aliphatic rings. The molecule has 0 bridgehead atoms. The Morgan fingerprint density at radius 2 is 1.21 bits per heavy atom. The fourth-order valence-electron chi connectivity index (χ4n) is 0.534. The van der Waals surface area contributed by atoms with Crippen LogP contribution in [0.3, 0.4) is 0 Å². The third-order valence-corrected chi connectivity index (χ3v) is 0.940. The Kier molecular flexibility index (Phi) is 39.7. The van der Waals surface area contributed by atoms with Crippen LogP contribution in [0.4, 0.5) is 0 Å². The van der Waals surface area contributed by atoms with Crippen LogP contribution in [0.15, 0.2) is 30.3 Å². The summed E-state index contributed by atoms with van der Waals surface area (Å²) in [5, 5.41) is 0. The van der Waals surface area contributed by atoms with Crippen LogP contribution in [0.1, 0.15) is 39.7 Å². The van der Waals surface area contributed by atoms with Gasteiger partial charge >= 0.3 is 0 Å². The van der Waals surface area contributed by atoms with Crippen molar-refractivity contribution in [2.24, 2.45) is 0 Å². The van der Waals surface area contributed by atoms with E-state index in [0.717, 1.165) is 0 Å². The third-order valence-electron chi connectivity index (χ3n) is 0.940. The zero-order valence-corrected chi connectivity index (χ0v) is 13.5. The molecular formula is C13H25Y-. The molecule has 0 heterocycles. The van der Waals surface area contributed by atoms with E-state index in [-0.39, 0.29) is 40.1 Å². The SMILES string of the molecule is CC.CCC.Cc1ccccc1.[CH3-].[Y]. The van der Waals surface area contributed by atoms with Gasteiger partial charge in [0.15, 0.2) is 0 Å². The van der Waals surface area contributed by atoms with Crippen LogP contribution < -0.4 is 0 Å². The van der Waals surface area contributed by atoms with Crippen LogP contribution in [0.5, 0.6) is 0 Å². The molecule has 0 nitrogen and oxygen atoms in total. The van der Waals surface area contributed by atoms with Crippen LogP contribution in [-0.4, -0.2) is 0 Å². The largest absolute Gasteiger partial charge is 0.358 e. The van der Waals surface area contributed by atoms with E-state index in [0.29, 0.717) is 0 Å². The van der Waals surface area contributed by atoms with Gasteiger partial charge in [0, 0.05) is 32.7 Å². The smallest absolute Gasteiger partial charge is 0 e. The summed E-state index contributed by atoms with van der Waals surface area (Å²) in [7, 11) is 0. The van der Waals surface area contributed by atoms with E-state index in [4.69, 9.17) is 0 Å². The molecule has 1 heteroatoms. The maximum absolute atomic E-state index is 2.12. The van der Waals surface area contributed by atoms with E-state index in [1.165, 1.54) is 12.0 Å². The van der Waals surface area contributed by atoms with Gasteiger partial charge in [-0.2, -0.15) is 0 Å². The molecule has 14 heavy (non-hydrogen) atoms. The molecule has 0 fully saturated rings. The van der Waals surface area contributed by atoms with Gasteiger partial charge in [0.25, 0.3) is 0 Å². The standard InChI is InChI=1S/C7H8.C3H8.C2H6.CH3.Y/c1-7-5-3-2-4-6-7;1-3-2;1-2;;/h2-6H,1H3;3H2,1-2H3;1-2H3;1H3;/q;;;-1;. The van der Waals surface area contributed by atoms with Gasteiger partial charge < -0.3 is 7.43 Å². The van der Waals surface area contributed by atoms with Crippen LogP contribution in [0.25, 0.3) is 0 Å². The van der Waals surface area contributed by atoms with Gasteiger partial charge in [0.2, 0.25) is 0 Å². The van der Waals surface area contributed by atoms with Crippen molar-refractivity contribution in [3.05, 3.63) is 43.3 Å². The van der Waals surface area contributed by atoms with Crippen LogP contribution in [-0.2, 0) is 32.7 Å². The molecule has 0 atom stereocenters. The normalized spacial score (nSPS) is 6.07. The number of hydrogen-bond acceptors (Lipinski definition) is 0. The summed E-state index contributed by atoms with van der Waals surface area (Å²) in [5.41, 5.74) is 1.32. The first kappa shape index (κ1) is 23.9. The molecule has 0 aromatic heterocycles. The van der Waals surface area contributed by atoms with Gasteiger partial charge in [0.1, 0.15) is 0 Å². The first-order valence-electron chi connectivity index (χ1n) is 4.82. The molecule has 0 aliphatic heterocycles. The summed E-state index contributed by atoms with van der Waals surface area (Å²) < 4.78 is 0. The second-order valence-electron chi connectivity index (χ2n) is 2.36. The first-order valence-corrected chi connectivity index (χ1v) is 4.82. The van der Waals surface area contributed by atoms with Gasteiger partial charge in [-0.05, 0) is 6.92 Å². The van der Waals surface area contributed by atoms with Crippen molar-refractivity contribution in [2.45, 2.75) is 41.0 Å². The zero-order chi connectivity index (χ0) is 9.82. The maximum Gasteiger partial charge on any atom is 0 e. The molecule has 1 aromatic carbocycles. The molecule has 1 aromatic rings. The van der Waals surface area contributed by atoms with Crippen molar-refractivity contribution in [3.63, 3.8) is 0 Å². The minimum absolute atomic E-state index is 0. The van der Waals surface area contributed by atoms with E-state index in [1.54, 1.807) is 0 Å². The number of aryl methyl sites for hydroxylation is 1. The Labute approximate surface area is 116 Å². The fraction of sp³-hybridized carbons (Fsp3) is 0.462. The molecule has 0 unspecified atom stereocenters. The Bertz CT molecular complexity index is 147. The van der Waals surface area contributed by atoms with Gasteiger partial charge in [-0.3, -0.25) is 0 Å². The van der Waals surface area contributed by atoms with Gasteiger partial charge in [-0.25, -0.2) is 0 Å². The summed E-state index contributed by atoms with van der Waals surface area (Å²) in [6.45, 7) is 10.3. The Morgan fingerprint density at radius 3 is 1.36 bits per heavy atom. The van der Waals surface area contributed by atoms with Crippen molar-refractivity contribution >= 4 is 0 Å². The zero-order valence-electron chi connectivity index (χ0n) is 10.7. The van der Waals surface area contributed by atoms with Crippen molar-refractivity contribution in [1.82, 2.24) is 0 Å². The van der Waals surface area contributed by atoms with E-state index in [2.05, 4.69) is 32.9 Å². The summed E-state index contributed by atoms with van der Waals surface area (Å²) >= 11 is 0. The molecule has 1 radical (unpaired) electrons. The summed E-state index contributed by atoms with van der Waals surface area (Å²) in [6.07, 6.45) is 1.25. The monoisotopic (exact) mass is 270 g/mol. The van der Waals surface area contributed by atoms with Crippen LogP contribution in [0, 0.1) is 14.4 Å². The second-order valence-corrected chi connectivity index (χ2v) is 2.36. The van der Waals surface area contributed by atoms with Crippen molar-refractivity contribution < 1.29 is 32.7 Å².